The highest BCUT2D eigenvalue weighted by Crippen LogP contribution is 2.51. The zero-order chi connectivity index (χ0) is 27.2. The normalized spacial score (nSPS) is 17.9. The van der Waals surface area contributed by atoms with E-state index in [1.54, 1.807) is 31.2 Å². The van der Waals surface area contributed by atoms with Crippen molar-refractivity contribution in [1.29, 1.82) is 0 Å². The third kappa shape index (κ3) is 3.81. The average Bonchev–Trinajstić information content (AvgIpc) is 3.08. The number of aryl methyl sites for hydroxylation is 1. The van der Waals surface area contributed by atoms with Crippen LogP contribution in [0.25, 0.3) is 11.1 Å². The molecule has 0 radical (unpaired) electrons. The number of anilines is 1. The summed E-state index contributed by atoms with van der Waals surface area (Å²) in [6.07, 6.45) is 0. The van der Waals surface area contributed by atoms with Crippen LogP contribution in [0.4, 0.5) is 5.69 Å². The quantitative estimate of drug-likeness (QED) is 0.224. The fourth-order valence-electron chi connectivity index (χ4n) is 5.34. The van der Waals surface area contributed by atoms with Gasteiger partial charge in [-0.3, -0.25) is 9.59 Å². The molecule has 0 bridgehead atoms. The fraction of sp³-hybridized carbons (Fsp3) is 0.188. The molecule has 6 nitrogen and oxygen atoms in total. The Labute approximate surface area is 221 Å². The van der Waals surface area contributed by atoms with E-state index in [9.17, 15) is 19.8 Å². The van der Waals surface area contributed by atoms with Gasteiger partial charge >= 0.3 is 0 Å². The molecule has 0 saturated heterocycles. The maximum Gasteiger partial charge on any atom is 0.252 e. The zero-order valence-corrected chi connectivity index (χ0v) is 21.5. The minimum atomic E-state index is -2.75. The van der Waals surface area contributed by atoms with E-state index in [4.69, 9.17) is 5.73 Å². The number of carbonyl (C=O) groups is 2. The molecular weight excluding hydrogens is 476 g/mol. The predicted molar refractivity (Wildman–Crippen MR) is 148 cm³/mol. The second kappa shape index (κ2) is 9.24. The van der Waals surface area contributed by atoms with E-state index in [0.29, 0.717) is 11.1 Å². The van der Waals surface area contributed by atoms with Gasteiger partial charge in [-0.15, -0.1) is 0 Å². The van der Waals surface area contributed by atoms with Crippen LogP contribution in [0.3, 0.4) is 0 Å². The molecule has 0 heterocycles. The summed E-state index contributed by atoms with van der Waals surface area (Å²) >= 11 is 0. The summed E-state index contributed by atoms with van der Waals surface area (Å²) < 4.78 is 0. The Hall–Kier alpha value is -4.26. The topological polar surface area (TPSA) is 113 Å². The van der Waals surface area contributed by atoms with Crippen molar-refractivity contribution in [2.24, 2.45) is 0 Å². The molecule has 192 valence electrons. The Morgan fingerprint density at radius 1 is 0.842 bits per heavy atom. The average molecular weight is 507 g/mol. The molecule has 38 heavy (non-hydrogen) atoms. The van der Waals surface area contributed by atoms with E-state index >= 15 is 0 Å². The van der Waals surface area contributed by atoms with Crippen LogP contribution in [0.2, 0.25) is 0 Å². The van der Waals surface area contributed by atoms with Crippen molar-refractivity contribution >= 4 is 17.4 Å². The molecule has 0 aliphatic heterocycles. The van der Waals surface area contributed by atoms with Gasteiger partial charge in [0.1, 0.15) is 0 Å². The molecule has 6 heteroatoms. The summed E-state index contributed by atoms with van der Waals surface area (Å²) in [6.45, 7) is 5.88. The van der Waals surface area contributed by atoms with Crippen LogP contribution >= 0.6 is 0 Å². The van der Waals surface area contributed by atoms with Crippen LogP contribution in [0.15, 0.2) is 91.0 Å². The number of nitrogens with one attached hydrogen (secondary N) is 1. The molecule has 0 aromatic heterocycles. The zero-order valence-electron chi connectivity index (χ0n) is 21.5. The molecule has 0 saturated carbocycles. The third-order valence-electron chi connectivity index (χ3n) is 7.44. The molecule has 4 aromatic carbocycles. The van der Waals surface area contributed by atoms with Crippen LogP contribution in [-0.2, 0) is 11.3 Å². The molecule has 1 atom stereocenters. The maximum absolute atomic E-state index is 14.1. The van der Waals surface area contributed by atoms with Gasteiger partial charge in [-0.05, 0) is 58.9 Å². The van der Waals surface area contributed by atoms with Gasteiger partial charge < -0.3 is 21.3 Å². The Morgan fingerprint density at radius 2 is 1.50 bits per heavy atom. The first-order chi connectivity index (χ1) is 18.1. The SMILES string of the molecule is Cc1cc(C(C)C)ccc1C1(NC(=O)c2ccc(-c3ccccc3)cc2)C(=O)c2c(N)cccc2C1(O)O. The molecule has 1 unspecified atom stereocenters. The van der Waals surface area contributed by atoms with E-state index in [1.165, 1.54) is 12.1 Å². The van der Waals surface area contributed by atoms with Crippen molar-refractivity contribution in [3.63, 3.8) is 0 Å². The molecular formula is C32H30N2O4. The number of Topliss-reactive ketones (excluding diaryl/α,β-unsaturated/α-hetero) is 1. The second-order valence-corrected chi connectivity index (χ2v) is 10.1. The summed E-state index contributed by atoms with van der Waals surface area (Å²) in [6, 6.07) is 26.6. The molecule has 1 aliphatic carbocycles. The Kier molecular flexibility index (Phi) is 6.18. The molecule has 0 fully saturated rings. The highest BCUT2D eigenvalue weighted by molar-refractivity contribution is 6.15. The van der Waals surface area contributed by atoms with Crippen molar-refractivity contribution < 1.29 is 19.8 Å². The third-order valence-corrected chi connectivity index (χ3v) is 7.44. The minimum absolute atomic E-state index is 0.00967. The van der Waals surface area contributed by atoms with Crippen LogP contribution in [0.5, 0.6) is 0 Å². The van der Waals surface area contributed by atoms with E-state index in [1.807, 2.05) is 68.4 Å². The Balaban J connectivity index is 1.63. The number of ketones is 1. The number of hydrogen-bond acceptors (Lipinski definition) is 5. The summed E-state index contributed by atoms with van der Waals surface area (Å²) in [7, 11) is 0. The van der Waals surface area contributed by atoms with Crippen LogP contribution < -0.4 is 11.1 Å². The maximum atomic E-state index is 14.1. The molecule has 4 aromatic rings. The Bertz CT molecular complexity index is 1540. The van der Waals surface area contributed by atoms with E-state index in [-0.39, 0.29) is 28.3 Å². The van der Waals surface area contributed by atoms with Crippen molar-refractivity contribution in [2.45, 2.75) is 38.0 Å². The van der Waals surface area contributed by atoms with Crippen molar-refractivity contribution in [3.05, 3.63) is 124 Å². The van der Waals surface area contributed by atoms with Crippen LogP contribution in [-0.4, -0.2) is 21.9 Å². The monoisotopic (exact) mass is 506 g/mol. The second-order valence-electron chi connectivity index (χ2n) is 10.1. The number of aliphatic hydroxyl groups is 2. The summed E-state index contributed by atoms with van der Waals surface area (Å²) in [5.41, 5.74) is 8.14. The number of hydrogen-bond donors (Lipinski definition) is 4. The summed E-state index contributed by atoms with van der Waals surface area (Å²) in [5.74, 6) is -3.83. The largest absolute Gasteiger partial charge is 0.398 e. The number of rotatable bonds is 5. The first kappa shape index (κ1) is 25.4. The lowest BCUT2D eigenvalue weighted by Crippen LogP contribution is -2.61. The predicted octanol–water partition coefficient (Wildman–Crippen LogP) is 5.03. The number of nitrogen functional groups attached to an aromatic ring is 1. The number of nitrogens with two attached hydrogens (primary N) is 1. The van der Waals surface area contributed by atoms with Gasteiger partial charge in [-0.2, -0.15) is 0 Å². The van der Waals surface area contributed by atoms with Gasteiger partial charge in [-0.25, -0.2) is 0 Å². The van der Waals surface area contributed by atoms with Crippen LogP contribution in [0.1, 0.15) is 62.7 Å². The number of amides is 1. The minimum Gasteiger partial charge on any atom is -0.398 e. The van der Waals surface area contributed by atoms with Crippen molar-refractivity contribution in [1.82, 2.24) is 5.32 Å². The standard InChI is InChI=1S/C32H30N2O4/c1-19(2)24-16-17-25(20(3)18-24)31(29(35)28-26(32(31,37)38)10-7-11-27(28)33)34-30(36)23-14-12-22(13-15-23)21-8-5-4-6-9-21/h4-19,37-38H,33H2,1-3H3,(H,34,36). The van der Waals surface area contributed by atoms with Gasteiger partial charge in [0, 0.05) is 16.8 Å². The molecule has 1 amide bonds. The molecule has 5 rings (SSSR count). The Morgan fingerprint density at radius 3 is 2.11 bits per heavy atom. The first-order valence-corrected chi connectivity index (χ1v) is 12.6. The van der Waals surface area contributed by atoms with Gasteiger partial charge in [0.2, 0.25) is 11.6 Å². The first-order valence-electron chi connectivity index (χ1n) is 12.6. The molecule has 5 N–H and O–H groups in total. The van der Waals surface area contributed by atoms with Gasteiger partial charge in [0.25, 0.3) is 5.91 Å². The van der Waals surface area contributed by atoms with E-state index in [2.05, 4.69) is 5.32 Å². The van der Waals surface area contributed by atoms with Crippen molar-refractivity contribution in [3.8, 4) is 11.1 Å². The van der Waals surface area contributed by atoms with E-state index < -0.39 is 23.0 Å². The lowest BCUT2D eigenvalue weighted by atomic mass is 9.78. The summed E-state index contributed by atoms with van der Waals surface area (Å²) in [4.78, 5) is 27.8. The number of carbonyl (C=O) groups excluding carboxylic acids is 2. The lowest BCUT2D eigenvalue weighted by molar-refractivity contribution is -0.209. The smallest absolute Gasteiger partial charge is 0.252 e. The fourth-order valence-corrected chi connectivity index (χ4v) is 5.34. The molecule has 1 aliphatic rings. The number of benzene rings is 4. The van der Waals surface area contributed by atoms with Gasteiger partial charge in [-0.1, -0.05) is 86.6 Å². The highest BCUT2D eigenvalue weighted by atomic mass is 16.5. The van der Waals surface area contributed by atoms with E-state index in [0.717, 1.165) is 16.7 Å². The highest BCUT2D eigenvalue weighted by Gasteiger charge is 2.65. The summed E-state index contributed by atoms with van der Waals surface area (Å²) in [5, 5.41) is 26.1. The van der Waals surface area contributed by atoms with Gasteiger partial charge in [0.05, 0.1) is 5.56 Å². The van der Waals surface area contributed by atoms with Crippen LogP contribution in [0, 0.1) is 6.92 Å². The number of fused-ring (bicyclic) bond motifs is 1. The lowest BCUT2D eigenvalue weighted by Gasteiger charge is -2.39. The molecule has 0 spiro atoms. The van der Waals surface area contributed by atoms with Gasteiger partial charge in [0.15, 0.2) is 5.54 Å². The van der Waals surface area contributed by atoms with Crippen molar-refractivity contribution in [2.75, 3.05) is 5.73 Å².